The maximum Gasteiger partial charge on any atom is -0.0351 e. The van der Waals surface area contributed by atoms with Crippen LogP contribution >= 0.6 is 0 Å². The first-order valence-corrected chi connectivity index (χ1v) is 12.0. The standard InChI is InChI=1S/C26H49/c1-3-5-7-9-11-13-15-17-19-21-23-25-26-24-22-20-18-16-14-12-10-8-6-4-2/h5,7-8,10,26H,3-4,6,9,11-25H2,1-2H3. The normalized spacial score (nSPS) is 11.9. The van der Waals surface area contributed by atoms with Crippen molar-refractivity contribution in [2.45, 2.75) is 136 Å². The zero-order valence-electron chi connectivity index (χ0n) is 18.3. The smallest absolute Gasteiger partial charge is 0.0351 e. The van der Waals surface area contributed by atoms with Crippen molar-refractivity contribution in [2.24, 2.45) is 0 Å². The SMILES string of the molecule is CCC=CCCCCCCCCC[CH]CCCCCCCC=CCCC. The molecule has 0 aromatic heterocycles. The summed E-state index contributed by atoms with van der Waals surface area (Å²) in [4.78, 5) is 0. The van der Waals surface area contributed by atoms with Crippen LogP contribution in [0.2, 0.25) is 0 Å². The number of rotatable bonds is 21. The van der Waals surface area contributed by atoms with Crippen molar-refractivity contribution in [1.82, 2.24) is 0 Å². The van der Waals surface area contributed by atoms with Gasteiger partial charge in [-0.25, -0.2) is 0 Å². The molecule has 0 bridgehead atoms. The van der Waals surface area contributed by atoms with Crippen LogP contribution in [0, 0.1) is 6.42 Å². The molecule has 0 saturated heterocycles. The summed E-state index contributed by atoms with van der Waals surface area (Å²) >= 11 is 0. The van der Waals surface area contributed by atoms with Gasteiger partial charge in [-0.05, 0) is 44.9 Å². The van der Waals surface area contributed by atoms with Crippen molar-refractivity contribution in [2.75, 3.05) is 0 Å². The van der Waals surface area contributed by atoms with Crippen LogP contribution in [0.3, 0.4) is 0 Å². The zero-order valence-corrected chi connectivity index (χ0v) is 18.3. The predicted molar refractivity (Wildman–Crippen MR) is 122 cm³/mol. The third-order valence-electron chi connectivity index (χ3n) is 5.08. The number of allylic oxidation sites excluding steroid dienone is 4. The lowest BCUT2D eigenvalue weighted by Gasteiger charge is -2.03. The van der Waals surface area contributed by atoms with Crippen LogP contribution < -0.4 is 0 Å². The monoisotopic (exact) mass is 361 g/mol. The summed E-state index contributed by atoms with van der Waals surface area (Å²) < 4.78 is 0. The molecule has 0 aliphatic heterocycles. The van der Waals surface area contributed by atoms with Gasteiger partial charge in [-0.3, -0.25) is 0 Å². The molecule has 0 heteroatoms. The first kappa shape index (κ1) is 25.5. The predicted octanol–water partition coefficient (Wildman–Crippen LogP) is 9.75. The van der Waals surface area contributed by atoms with E-state index in [0.29, 0.717) is 0 Å². The van der Waals surface area contributed by atoms with Gasteiger partial charge in [0.15, 0.2) is 0 Å². The zero-order chi connectivity index (χ0) is 19.0. The molecule has 0 aromatic rings. The summed E-state index contributed by atoms with van der Waals surface area (Å²) in [6.45, 7) is 4.46. The minimum Gasteiger partial charge on any atom is -0.0888 e. The lowest BCUT2D eigenvalue weighted by molar-refractivity contribution is 0.570. The van der Waals surface area contributed by atoms with Gasteiger partial charge in [0.1, 0.15) is 0 Å². The Labute approximate surface area is 166 Å². The van der Waals surface area contributed by atoms with E-state index >= 15 is 0 Å². The lowest BCUT2D eigenvalue weighted by atomic mass is 10.0. The summed E-state index contributed by atoms with van der Waals surface area (Å²) in [6, 6.07) is 0. The Morgan fingerprint density at radius 3 is 1.23 bits per heavy atom. The molecule has 0 unspecified atom stereocenters. The van der Waals surface area contributed by atoms with Crippen LogP contribution in [0.1, 0.15) is 136 Å². The van der Waals surface area contributed by atoms with E-state index in [-0.39, 0.29) is 0 Å². The van der Waals surface area contributed by atoms with Gasteiger partial charge in [-0.15, -0.1) is 0 Å². The minimum atomic E-state index is 1.19. The first-order valence-electron chi connectivity index (χ1n) is 12.0. The molecule has 0 spiro atoms. The molecular weight excluding hydrogens is 312 g/mol. The highest BCUT2D eigenvalue weighted by atomic mass is 14.0. The van der Waals surface area contributed by atoms with Crippen LogP contribution in [0.25, 0.3) is 0 Å². The maximum atomic E-state index is 2.55. The van der Waals surface area contributed by atoms with E-state index in [1.807, 2.05) is 0 Å². The summed E-state index contributed by atoms with van der Waals surface area (Å²) in [5, 5.41) is 0. The van der Waals surface area contributed by atoms with Gasteiger partial charge in [-0.1, -0.05) is 122 Å². The summed E-state index contributed by atoms with van der Waals surface area (Å²) in [6.07, 6.45) is 38.0. The van der Waals surface area contributed by atoms with Gasteiger partial charge in [0, 0.05) is 0 Å². The average molecular weight is 362 g/mol. The Hall–Kier alpha value is -0.520. The minimum absolute atomic E-state index is 1.19. The third kappa shape index (κ3) is 23.5. The fraction of sp³-hybridized carbons (Fsp3) is 0.808. The highest BCUT2D eigenvalue weighted by molar-refractivity contribution is 4.81. The topological polar surface area (TPSA) is 0 Å². The second kappa shape index (κ2) is 24.5. The molecule has 0 saturated carbocycles. The highest BCUT2D eigenvalue weighted by Crippen LogP contribution is 2.13. The van der Waals surface area contributed by atoms with Gasteiger partial charge < -0.3 is 0 Å². The molecule has 1 radical (unpaired) electrons. The van der Waals surface area contributed by atoms with Crippen LogP contribution in [0.5, 0.6) is 0 Å². The quantitative estimate of drug-likeness (QED) is 0.141. The molecule has 26 heavy (non-hydrogen) atoms. The molecule has 0 fully saturated rings. The van der Waals surface area contributed by atoms with Gasteiger partial charge in [0.05, 0.1) is 0 Å². The molecule has 153 valence electrons. The molecule has 0 N–H and O–H groups in total. The van der Waals surface area contributed by atoms with Crippen molar-refractivity contribution in [3.05, 3.63) is 30.7 Å². The van der Waals surface area contributed by atoms with E-state index in [4.69, 9.17) is 0 Å². The van der Waals surface area contributed by atoms with Gasteiger partial charge in [0.2, 0.25) is 0 Å². The van der Waals surface area contributed by atoms with Gasteiger partial charge in [0.25, 0.3) is 0 Å². The van der Waals surface area contributed by atoms with Crippen LogP contribution in [0.15, 0.2) is 24.3 Å². The summed E-state index contributed by atoms with van der Waals surface area (Å²) in [5.41, 5.74) is 0. The highest BCUT2D eigenvalue weighted by Gasteiger charge is 1.94. The largest absolute Gasteiger partial charge is 0.0888 e. The average Bonchev–Trinajstić information content (AvgIpc) is 2.66. The van der Waals surface area contributed by atoms with Gasteiger partial charge in [-0.2, -0.15) is 0 Å². The van der Waals surface area contributed by atoms with E-state index in [2.05, 4.69) is 44.6 Å². The molecule has 0 rings (SSSR count). The Morgan fingerprint density at radius 2 is 0.769 bits per heavy atom. The lowest BCUT2D eigenvalue weighted by Crippen LogP contribution is -1.84. The molecule has 0 aliphatic rings. The number of unbranched alkanes of at least 4 members (excludes halogenated alkanes) is 17. The molecule has 0 heterocycles. The van der Waals surface area contributed by atoms with Crippen molar-refractivity contribution < 1.29 is 0 Å². The van der Waals surface area contributed by atoms with E-state index < -0.39 is 0 Å². The Morgan fingerprint density at radius 1 is 0.385 bits per heavy atom. The van der Waals surface area contributed by atoms with Gasteiger partial charge >= 0.3 is 0 Å². The molecule has 0 atom stereocenters. The van der Waals surface area contributed by atoms with E-state index in [1.165, 1.54) is 122 Å². The van der Waals surface area contributed by atoms with Crippen LogP contribution in [-0.4, -0.2) is 0 Å². The van der Waals surface area contributed by atoms with Crippen LogP contribution in [-0.2, 0) is 0 Å². The Balaban J connectivity index is 3.02. The fourth-order valence-corrected chi connectivity index (χ4v) is 3.35. The maximum absolute atomic E-state index is 2.55. The molecule has 0 aliphatic carbocycles. The van der Waals surface area contributed by atoms with Crippen LogP contribution in [0.4, 0.5) is 0 Å². The third-order valence-corrected chi connectivity index (χ3v) is 5.08. The molecule has 0 amide bonds. The number of hydrogen-bond acceptors (Lipinski definition) is 0. The fourth-order valence-electron chi connectivity index (χ4n) is 3.35. The van der Waals surface area contributed by atoms with Crippen molar-refractivity contribution >= 4 is 0 Å². The molecular formula is C26H49. The Bertz CT molecular complexity index is 286. The second-order valence-electron chi connectivity index (χ2n) is 7.83. The van der Waals surface area contributed by atoms with Crippen molar-refractivity contribution in [3.63, 3.8) is 0 Å². The van der Waals surface area contributed by atoms with E-state index in [9.17, 15) is 0 Å². The Kier molecular flexibility index (Phi) is 24.0. The van der Waals surface area contributed by atoms with E-state index in [1.54, 1.807) is 0 Å². The van der Waals surface area contributed by atoms with E-state index in [0.717, 1.165) is 0 Å². The first-order chi connectivity index (χ1) is 12.9. The van der Waals surface area contributed by atoms with Crippen molar-refractivity contribution in [3.8, 4) is 0 Å². The summed E-state index contributed by atoms with van der Waals surface area (Å²) in [5.74, 6) is 0. The second-order valence-corrected chi connectivity index (χ2v) is 7.83. The molecule has 0 aromatic carbocycles. The number of hydrogen-bond donors (Lipinski definition) is 0. The van der Waals surface area contributed by atoms with Crippen molar-refractivity contribution in [1.29, 1.82) is 0 Å². The molecule has 0 nitrogen and oxygen atoms in total. The summed E-state index contributed by atoms with van der Waals surface area (Å²) in [7, 11) is 0.